The highest BCUT2D eigenvalue weighted by atomic mass is 15.4. The Kier molecular flexibility index (Phi) is 6.23. The molecule has 94 valence electrons. The van der Waals surface area contributed by atoms with Crippen molar-refractivity contribution < 1.29 is 0 Å². The topological polar surface area (TPSA) is 53.6 Å². The van der Waals surface area contributed by atoms with Crippen LogP contribution in [0, 0.1) is 0 Å². The standard InChI is InChI=1S/C12H26N4/c1-3-4-10-16(2)12(15-13)14-11-8-6-5-7-9-11/h11H,3-10,13H2,1-2H3,(H,14,15). The molecule has 0 spiro atoms. The summed E-state index contributed by atoms with van der Waals surface area (Å²) < 4.78 is 0. The molecular weight excluding hydrogens is 200 g/mol. The predicted octanol–water partition coefficient (Wildman–Crippen LogP) is 1.87. The molecule has 3 N–H and O–H groups in total. The Morgan fingerprint density at radius 3 is 2.62 bits per heavy atom. The van der Waals surface area contributed by atoms with Crippen molar-refractivity contribution in [3.8, 4) is 0 Å². The molecule has 1 aliphatic carbocycles. The van der Waals surface area contributed by atoms with Gasteiger partial charge in [-0.3, -0.25) is 5.43 Å². The Balaban J connectivity index is 2.46. The summed E-state index contributed by atoms with van der Waals surface area (Å²) in [5.74, 6) is 6.39. The summed E-state index contributed by atoms with van der Waals surface area (Å²) >= 11 is 0. The molecule has 4 nitrogen and oxygen atoms in total. The van der Waals surface area contributed by atoms with Gasteiger partial charge >= 0.3 is 0 Å². The van der Waals surface area contributed by atoms with Crippen molar-refractivity contribution in [1.29, 1.82) is 0 Å². The Labute approximate surface area is 99.3 Å². The summed E-state index contributed by atoms with van der Waals surface area (Å²) in [6.45, 7) is 3.22. The number of guanidine groups is 1. The van der Waals surface area contributed by atoms with E-state index in [1.54, 1.807) is 0 Å². The molecule has 0 aromatic carbocycles. The van der Waals surface area contributed by atoms with Crippen LogP contribution in [0.25, 0.3) is 0 Å². The smallest absolute Gasteiger partial charge is 0.208 e. The van der Waals surface area contributed by atoms with E-state index in [-0.39, 0.29) is 0 Å². The minimum atomic E-state index is 0.476. The molecule has 0 atom stereocenters. The maximum Gasteiger partial charge on any atom is 0.208 e. The lowest BCUT2D eigenvalue weighted by atomic mass is 9.96. The van der Waals surface area contributed by atoms with E-state index >= 15 is 0 Å². The number of hydrogen-bond acceptors (Lipinski definition) is 2. The van der Waals surface area contributed by atoms with Crippen LogP contribution in [0.3, 0.4) is 0 Å². The van der Waals surface area contributed by atoms with Gasteiger partial charge in [-0.15, -0.1) is 0 Å². The summed E-state index contributed by atoms with van der Waals surface area (Å²) in [5, 5.41) is 0. The van der Waals surface area contributed by atoms with Gasteiger partial charge in [0, 0.05) is 13.6 Å². The number of unbranched alkanes of at least 4 members (excludes halogenated alkanes) is 1. The average Bonchev–Trinajstić information content (AvgIpc) is 2.34. The normalized spacial score (nSPS) is 18.6. The van der Waals surface area contributed by atoms with Crippen molar-refractivity contribution in [2.24, 2.45) is 10.8 Å². The summed E-state index contributed by atoms with van der Waals surface area (Å²) in [6, 6.07) is 0.476. The Bertz CT molecular complexity index is 209. The van der Waals surface area contributed by atoms with Gasteiger partial charge in [0.15, 0.2) is 0 Å². The fourth-order valence-corrected chi connectivity index (χ4v) is 2.13. The second-order valence-corrected chi connectivity index (χ2v) is 4.66. The van der Waals surface area contributed by atoms with Gasteiger partial charge in [-0.05, 0) is 19.3 Å². The maximum atomic E-state index is 5.54. The van der Waals surface area contributed by atoms with Crippen molar-refractivity contribution in [3.63, 3.8) is 0 Å². The zero-order valence-corrected chi connectivity index (χ0v) is 10.7. The van der Waals surface area contributed by atoms with E-state index in [1.807, 2.05) is 0 Å². The number of nitrogens with one attached hydrogen (secondary N) is 1. The van der Waals surface area contributed by atoms with Crippen molar-refractivity contribution in [3.05, 3.63) is 0 Å². The van der Waals surface area contributed by atoms with Crippen LogP contribution in [-0.4, -0.2) is 30.5 Å². The van der Waals surface area contributed by atoms with Gasteiger partial charge < -0.3 is 4.90 Å². The van der Waals surface area contributed by atoms with Crippen LogP contribution in [0.15, 0.2) is 4.99 Å². The Morgan fingerprint density at radius 2 is 2.06 bits per heavy atom. The molecule has 4 heteroatoms. The number of rotatable bonds is 4. The molecule has 16 heavy (non-hydrogen) atoms. The van der Waals surface area contributed by atoms with Gasteiger partial charge in [0.1, 0.15) is 0 Å². The molecule has 0 radical (unpaired) electrons. The van der Waals surface area contributed by atoms with E-state index in [0.717, 1.165) is 12.5 Å². The third-order valence-electron chi connectivity index (χ3n) is 3.22. The van der Waals surface area contributed by atoms with Gasteiger partial charge in [-0.25, -0.2) is 10.8 Å². The van der Waals surface area contributed by atoms with Crippen LogP contribution in [-0.2, 0) is 0 Å². The molecule has 0 heterocycles. The van der Waals surface area contributed by atoms with E-state index in [1.165, 1.54) is 44.9 Å². The number of aliphatic imine (C=N–C) groups is 1. The number of nitrogens with two attached hydrogens (primary N) is 1. The lowest BCUT2D eigenvalue weighted by Gasteiger charge is -2.24. The minimum absolute atomic E-state index is 0.476. The summed E-state index contributed by atoms with van der Waals surface area (Å²) in [6.07, 6.45) is 8.80. The van der Waals surface area contributed by atoms with Crippen LogP contribution >= 0.6 is 0 Å². The molecule has 0 amide bonds. The molecule has 1 rings (SSSR count). The highest BCUT2D eigenvalue weighted by Crippen LogP contribution is 2.20. The summed E-state index contributed by atoms with van der Waals surface area (Å²) in [5.41, 5.74) is 2.73. The highest BCUT2D eigenvalue weighted by Gasteiger charge is 2.14. The SMILES string of the molecule is CCCCN(C)C(=NC1CCCCC1)NN. The van der Waals surface area contributed by atoms with Gasteiger partial charge in [-0.2, -0.15) is 0 Å². The van der Waals surface area contributed by atoms with Gasteiger partial charge in [0.05, 0.1) is 6.04 Å². The quantitative estimate of drug-likeness (QED) is 0.333. The molecule has 1 saturated carbocycles. The van der Waals surface area contributed by atoms with E-state index in [2.05, 4.69) is 24.3 Å². The van der Waals surface area contributed by atoms with Crippen molar-refractivity contribution in [2.45, 2.75) is 57.9 Å². The summed E-state index contributed by atoms with van der Waals surface area (Å²) in [4.78, 5) is 6.84. The van der Waals surface area contributed by atoms with E-state index < -0.39 is 0 Å². The van der Waals surface area contributed by atoms with Crippen LogP contribution in [0.1, 0.15) is 51.9 Å². The molecule has 0 saturated heterocycles. The number of hydrazine groups is 1. The fourth-order valence-electron chi connectivity index (χ4n) is 2.13. The van der Waals surface area contributed by atoms with Crippen molar-refractivity contribution in [2.75, 3.05) is 13.6 Å². The molecule has 0 aromatic rings. The second-order valence-electron chi connectivity index (χ2n) is 4.66. The molecule has 0 aromatic heterocycles. The van der Waals surface area contributed by atoms with Gasteiger partial charge in [0.25, 0.3) is 0 Å². The highest BCUT2D eigenvalue weighted by molar-refractivity contribution is 5.79. The van der Waals surface area contributed by atoms with Crippen LogP contribution in [0.4, 0.5) is 0 Å². The molecule has 1 aliphatic rings. The zero-order chi connectivity index (χ0) is 11.8. The first-order chi connectivity index (χ1) is 7.77. The first-order valence-corrected chi connectivity index (χ1v) is 6.53. The van der Waals surface area contributed by atoms with E-state index in [0.29, 0.717) is 6.04 Å². The van der Waals surface area contributed by atoms with Crippen LogP contribution < -0.4 is 11.3 Å². The predicted molar refractivity (Wildman–Crippen MR) is 69.2 cm³/mol. The van der Waals surface area contributed by atoms with Crippen LogP contribution in [0.5, 0.6) is 0 Å². The number of nitrogens with zero attached hydrogens (tertiary/aromatic N) is 2. The fraction of sp³-hybridized carbons (Fsp3) is 0.917. The van der Waals surface area contributed by atoms with Gasteiger partial charge in [0.2, 0.25) is 5.96 Å². The third kappa shape index (κ3) is 4.39. The molecule has 0 aliphatic heterocycles. The maximum absolute atomic E-state index is 5.54. The molecular formula is C12H26N4. The number of hydrogen-bond donors (Lipinski definition) is 2. The monoisotopic (exact) mass is 226 g/mol. The first kappa shape index (κ1) is 13.3. The van der Waals surface area contributed by atoms with E-state index in [4.69, 9.17) is 10.8 Å². The minimum Gasteiger partial charge on any atom is -0.345 e. The van der Waals surface area contributed by atoms with Gasteiger partial charge in [-0.1, -0.05) is 32.6 Å². The van der Waals surface area contributed by atoms with Crippen molar-refractivity contribution >= 4 is 5.96 Å². The largest absolute Gasteiger partial charge is 0.345 e. The Hall–Kier alpha value is -0.770. The van der Waals surface area contributed by atoms with Crippen LogP contribution in [0.2, 0.25) is 0 Å². The van der Waals surface area contributed by atoms with E-state index in [9.17, 15) is 0 Å². The average molecular weight is 226 g/mol. The third-order valence-corrected chi connectivity index (χ3v) is 3.22. The molecule has 1 fully saturated rings. The Morgan fingerprint density at radius 1 is 1.38 bits per heavy atom. The first-order valence-electron chi connectivity index (χ1n) is 6.53. The molecule has 0 bridgehead atoms. The molecule has 0 unspecified atom stereocenters. The summed E-state index contributed by atoms with van der Waals surface area (Å²) in [7, 11) is 2.05. The lowest BCUT2D eigenvalue weighted by molar-refractivity contribution is 0.421. The van der Waals surface area contributed by atoms with Crippen molar-refractivity contribution in [1.82, 2.24) is 10.3 Å². The zero-order valence-electron chi connectivity index (χ0n) is 10.7. The second kappa shape index (κ2) is 7.49. The lowest BCUT2D eigenvalue weighted by Crippen LogP contribution is -2.44.